The number of halogens is 1. The van der Waals surface area contributed by atoms with Crippen molar-refractivity contribution < 1.29 is 19.1 Å². The lowest BCUT2D eigenvalue weighted by Gasteiger charge is -2.04. The minimum Gasteiger partial charge on any atom is -0.477 e. The zero-order valence-corrected chi connectivity index (χ0v) is 11.2. The Kier molecular flexibility index (Phi) is 4.47. The van der Waals surface area contributed by atoms with Gasteiger partial charge in [0.2, 0.25) is 0 Å². The summed E-state index contributed by atoms with van der Waals surface area (Å²) in [4.78, 5) is 22.9. The molecule has 1 aromatic heterocycles. The lowest BCUT2D eigenvalue weighted by atomic mass is 10.1. The van der Waals surface area contributed by atoms with Crippen molar-refractivity contribution in [1.29, 1.82) is 0 Å². The maximum atomic E-state index is 13.4. The van der Waals surface area contributed by atoms with Gasteiger partial charge >= 0.3 is 5.97 Å². The molecule has 4 nitrogen and oxygen atoms in total. The normalized spacial score (nSPS) is 10.2. The molecule has 0 saturated carbocycles. The largest absolute Gasteiger partial charge is 0.477 e. The number of rotatable bonds is 5. The molecule has 1 amide bonds. The lowest BCUT2D eigenvalue weighted by Crippen LogP contribution is -2.25. The van der Waals surface area contributed by atoms with E-state index in [0.717, 1.165) is 11.3 Å². The molecule has 1 aromatic carbocycles. The maximum absolute atomic E-state index is 13.4. The Morgan fingerprint density at radius 2 is 1.85 bits per heavy atom. The predicted octanol–water partition coefficient (Wildman–Crippen LogP) is 2.56. The summed E-state index contributed by atoms with van der Waals surface area (Å²) in [6.45, 7) is 0.292. The van der Waals surface area contributed by atoms with Crippen LogP contribution in [-0.4, -0.2) is 23.5 Å². The van der Waals surface area contributed by atoms with Crippen molar-refractivity contribution in [3.63, 3.8) is 0 Å². The molecule has 0 atom stereocenters. The molecule has 2 rings (SSSR count). The first kappa shape index (κ1) is 14.2. The van der Waals surface area contributed by atoms with E-state index < -0.39 is 5.97 Å². The van der Waals surface area contributed by atoms with Gasteiger partial charge in [-0.3, -0.25) is 4.79 Å². The predicted molar refractivity (Wildman–Crippen MR) is 73.7 cm³/mol. The van der Waals surface area contributed by atoms with Gasteiger partial charge in [-0.25, -0.2) is 9.18 Å². The van der Waals surface area contributed by atoms with Crippen LogP contribution in [0.4, 0.5) is 4.39 Å². The lowest BCUT2D eigenvalue weighted by molar-refractivity contribution is 0.0702. The Morgan fingerprint density at radius 1 is 1.15 bits per heavy atom. The van der Waals surface area contributed by atoms with Crippen LogP contribution in [0.5, 0.6) is 0 Å². The van der Waals surface area contributed by atoms with Gasteiger partial charge in [-0.05, 0) is 30.2 Å². The molecular weight excluding hydrogens is 281 g/mol. The monoisotopic (exact) mass is 293 g/mol. The van der Waals surface area contributed by atoms with Crippen LogP contribution in [0.2, 0.25) is 0 Å². The zero-order valence-electron chi connectivity index (χ0n) is 10.4. The number of carbonyl (C=O) groups is 2. The summed E-state index contributed by atoms with van der Waals surface area (Å²) in [5.74, 6) is -1.70. The molecule has 2 aromatic rings. The number of hydrogen-bond acceptors (Lipinski definition) is 3. The van der Waals surface area contributed by atoms with Gasteiger partial charge in [0.05, 0.1) is 4.88 Å². The number of amides is 1. The van der Waals surface area contributed by atoms with E-state index in [9.17, 15) is 14.0 Å². The van der Waals surface area contributed by atoms with E-state index in [4.69, 9.17) is 5.11 Å². The molecule has 0 unspecified atom stereocenters. The summed E-state index contributed by atoms with van der Waals surface area (Å²) in [6.07, 6.45) is 0.385. The van der Waals surface area contributed by atoms with E-state index in [-0.39, 0.29) is 16.6 Å². The number of carboxylic acid groups (broad SMARTS) is 1. The number of hydrogen-bond donors (Lipinski definition) is 2. The third-order valence-corrected chi connectivity index (χ3v) is 3.75. The van der Waals surface area contributed by atoms with Gasteiger partial charge in [0.1, 0.15) is 10.7 Å². The average Bonchev–Trinajstić information content (AvgIpc) is 2.91. The first-order valence-corrected chi connectivity index (χ1v) is 6.74. The molecule has 20 heavy (non-hydrogen) atoms. The van der Waals surface area contributed by atoms with E-state index in [1.807, 2.05) is 0 Å². The molecule has 0 saturated heterocycles. The van der Waals surface area contributed by atoms with Gasteiger partial charge < -0.3 is 10.4 Å². The van der Waals surface area contributed by atoms with Crippen molar-refractivity contribution >= 4 is 23.2 Å². The Hall–Kier alpha value is -2.21. The molecular formula is C14H12FNO3S. The van der Waals surface area contributed by atoms with E-state index in [2.05, 4.69) is 5.32 Å². The zero-order chi connectivity index (χ0) is 14.5. The van der Waals surface area contributed by atoms with Crippen molar-refractivity contribution in [2.24, 2.45) is 0 Å². The van der Waals surface area contributed by atoms with Crippen molar-refractivity contribution in [3.8, 4) is 0 Å². The number of aromatic carboxylic acids is 1. The van der Waals surface area contributed by atoms with Crippen LogP contribution >= 0.6 is 11.3 Å². The molecule has 0 aliphatic heterocycles. The Morgan fingerprint density at radius 3 is 2.50 bits per heavy atom. The minimum absolute atomic E-state index is 0.115. The molecule has 104 valence electrons. The van der Waals surface area contributed by atoms with Crippen LogP contribution < -0.4 is 5.32 Å². The van der Waals surface area contributed by atoms with Crippen LogP contribution in [0.25, 0.3) is 0 Å². The highest BCUT2D eigenvalue weighted by Gasteiger charge is 2.12. The van der Waals surface area contributed by atoms with Gasteiger partial charge in [-0.15, -0.1) is 11.3 Å². The second kappa shape index (κ2) is 6.29. The number of benzene rings is 1. The quantitative estimate of drug-likeness (QED) is 0.890. The number of carbonyl (C=O) groups excluding carboxylic acids is 1. The summed E-state index contributed by atoms with van der Waals surface area (Å²) in [5, 5.41) is 11.4. The average molecular weight is 293 g/mol. The smallest absolute Gasteiger partial charge is 0.345 e. The Labute approximate surface area is 118 Å². The first-order chi connectivity index (χ1) is 9.58. The topological polar surface area (TPSA) is 66.4 Å². The fourth-order valence-electron chi connectivity index (χ4n) is 1.67. The van der Waals surface area contributed by atoms with E-state index in [0.29, 0.717) is 23.4 Å². The van der Waals surface area contributed by atoms with Crippen LogP contribution in [0, 0.1) is 5.82 Å². The van der Waals surface area contributed by atoms with Crippen LogP contribution in [-0.2, 0) is 6.42 Å². The van der Waals surface area contributed by atoms with Gasteiger partial charge in [-0.2, -0.15) is 0 Å². The van der Waals surface area contributed by atoms with Crippen LogP contribution in [0.1, 0.15) is 24.9 Å². The number of thiophene rings is 1. The summed E-state index contributed by atoms with van der Waals surface area (Å²) in [7, 11) is 0. The van der Waals surface area contributed by atoms with Gasteiger partial charge in [0.15, 0.2) is 0 Å². The third kappa shape index (κ3) is 3.42. The maximum Gasteiger partial charge on any atom is 0.345 e. The molecule has 0 aliphatic carbocycles. The van der Waals surface area contributed by atoms with Crippen molar-refractivity contribution in [2.45, 2.75) is 6.42 Å². The third-order valence-electron chi connectivity index (χ3n) is 2.68. The molecule has 2 N–H and O–H groups in total. The van der Waals surface area contributed by atoms with Crippen molar-refractivity contribution in [3.05, 3.63) is 57.5 Å². The highest BCUT2D eigenvalue weighted by Crippen LogP contribution is 2.16. The van der Waals surface area contributed by atoms with E-state index in [1.165, 1.54) is 18.2 Å². The highest BCUT2D eigenvalue weighted by molar-refractivity contribution is 7.15. The Balaban J connectivity index is 1.89. The molecule has 0 spiro atoms. The van der Waals surface area contributed by atoms with Crippen molar-refractivity contribution in [1.82, 2.24) is 5.32 Å². The standard InChI is InChI=1S/C14H12FNO3S/c15-10-4-2-1-3-9(10)7-8-16-13(17)11-5-6-12(20-11)14(18)19/h1-6H,7-8H2,(H,16,17)(H,18,19). The van der Waals surface area contributed by atoms with Gasteiger partial charge in [0, 0.05) is 6.54 Å². The SMILES string of the molecule is O=C(O)c1ccc(C(=O)NCCc2ccccc2F)s1. The van der Waals surface area contributed by atoms with Crippen molar-refractivity contribution in [2.75, 3.05) is 6.54 Å². The van der Waals surface area contributed by atoms with Crippen LogP contribution in [0.15, 0.2) is 36.4 Å². The summed E-state index contributed by atoms with van der Waals surface area (Å²) in [5.41, 5.74) is 0.533. The second-order valence-electron chi connectivity index (χ2n) is 4.07. The molecule has 0 radical (unpaired) electrons. The minimum atomic E-state index is -1.06. The number of nitrogens with one attached hydrogen (secondary N) is 1. The number of carboxylic acids is 1. The fraction of sp³-hybridized carbons (Fsp3) is 0.143. The van der Waals surface area contributed by atoms with E-state index in [1.54, 1.807) is 18.2 Å². The molecule has 0 fully saturated rings. The summed E-state index contributed by atoms with van der Waals surface area (Å²) in [6, 6.07) is 9.23. The Bertz CT molecular complexity index is 639. The fourth-order valence-corrected chi connectivity index (χ4v) is 2.44. The first-order valence-electron chi connectivity index (χ1n) is 5.92. The molecule has 6 heteroatoms. The molecule has 1 heterocycles. The molecule has 0 bridgehead atoms. The van der Waals surface area contributed by atoms with Gasteiger partial charge in [-0.1, -0.05) is 18.2 Å². The summed E-state index contributed by atoms with van der Waals surface area (Å²) < 4.78 is 13.4. The second-order valence-corrected chi connectivity index (χ2v) is 5.15. The highest BCUT2D eigenvalue weighted by atomic mass is 32.1. The van der Waals surface area contributed by atoms with Crippen LogP contribution in [0.3, 0.4) is 0 Å². The molecule has 0 aliphatic rings. The van der Waals surface area contributed by atoms with Gasteiger partial charge in [0.25, 0.3) is 5.91 Å². The summed E-state index contributed by atoms with van der Waals surface area (Å²) >= 11 is 0.913. The van der Waals surface area contributed by atoms with E-state index >= 15 is 0 Å².